The van der Waals surface area contributed by atoms with Crippen LogP contribution in [0.2, 0.25) is 0 Å². The van der Waals surface area contributed by atoms with E-state index in [0.29, 0.717) is 0 Å². The van der Waals surface area contributed by atoms with Crippen LogP contribution in [-0.2, 0) is 21.4 Å². The van der Waals surface area contributed by atoms with Gasteiger partial charge in [0.2, 0.25) is 11.8 Å². The summed E-state index contributed by atoms with van der Waals surface area (Å²) in [5, 5.41) is 2.96. The lowest BCUT2D eigenvalue weighted by atomic mass is 9.86. The summed E-state index contributed by atoms with van der Waals surface area (Å²) in [5.41, 5.74) is 3.69. The monoisotopic (exact) mass is 352 g/mol. The Morgan fingerprint density at radius 1 is 1.00 bits per heavy atom. The number of carbonyl (C=O) groups is 2. The third-order valence-corrected chi connectivity index (χ3v) is 4.35. The quantitative estimate of drug-likeness (QED) is 0.859. The topological polar surface area (TPSA) is 49.4 Å². The second kappa shape index (κ2) is 8.17. The average Bonchev–Trinajstić information content (AvgIpc) is 2.59. The molecule has 0 unspecified atom stereocenters. The Balaban J connectivity index is 2.17. The number of hydrogen-bond donors (Lipinski definition) is 1. The van der Waals surface area contributed by atoms with Crippen LogP contribution in [0.25, 0.3) is 0 Å². The van der Waals surface area contributed by atoms with E-state index in [9.17, 15) is 9.59 Å². The van der Waals surface area contributed by atoms with Crippen molar-refractivity contribution in [1.29, 1.82) is 0 Å². The summed E-state index contributed by atoms with van der Waals surface area (Å²) in [6.07, 6.45) is 0.935. The molecule has 4 heteroatoms. The van der Waals surface area contributed by atoms with Gasteiger partial charge in [-0.05, 0) is 41.2 Å². The Hall–Kier alpha value is -2.62. The van der Waals surface area contributed by atoms with Crippen molar-refractivity contribution < 1.29 is 9.59 Å². The fraction of sp³-hybridized carbons (Fsp3) is 0.364. The van der Waals surface area contributed by atoms with Gasteiger partial charge in [-0.15, -0.1) is 0 Å². The first-order valence-electron chi connectivity index (χ1n) is 8.98. The predicted octanol–water partition coefficient (Wildman–Crippen LogP) is 4.54. The molecule has 0 spiro atoms. The lowest BCUT2D eigenvalue weighted by Crippen LogP contribution is -2.37. The summed E-state index contributed by atoms with van der Waals surface area (Å²) in [7, 11) is 0. The van der Waals surface area contributed by atoms with Crippen LogP contribution in [0.3, 0.4) is 0 Å². The molecule has 0 saturated carbocycles. The summed E-state index contributed by atoms with van der Waals surface area (Å²) in [6.45, 7) is 9.86. The van der Waals surface area contributed by atoms with Crippen molar-refractivity contribution in [3.63, 3.8) is 0 Å². The minimum atomic E-state index is -0.212. The van der Waals surface area contributed by atoms with Gasteiger partial charge in [0.1, 0.15) is 6.54 Å². The van der Waals surface area contributed by atoms with Gasteiger partial charge in [0.15, 0.2) is 0 Å². The minimum Gasteiger partial charge on any atom is -0.324 e. The predicted molar refractivity (Wildman–Crippen MR) is 108 cm³/mol. The third kappa shape index (κ3) is 4.94. The zero-order chi connectivity index (χ0) is 19.3. The standard InChI is InChI=1S/C22H28N2O2/c1-6-17-11-13-18(14-12-17)24(16(2)25)15-21(26)23-20-10-8-7-9-19(20)22(3,4)5/h7-14H,6,15H2,1-5H3,(H,23,26). The molecule has 0 fully saturated rings. The molecule has 0 radical (unpaired) electrons. The molecule has 1 N–H and O–H groups in total. The van der Waals surface area contributed by atoms with Crippen molar-refractivity contribution >= 4 is 23.2 Å². The lowest BCUT2D eigenvalue weighted by molar-refractivity contribution is -0.120. The number of rotatable bonds is 5. The van der Waals surface area contributed by atoms with Crippen LogP contribution in [0, 0.1) is 0 Å². The van der Waals surface area contributed by atoms with Gasteiger partial charge in [-0.3, -0.25) is 9.59 Å². The van der Waals surface area contributed by atoms with Crippen LogP contribution in [0.1, 0.15) is 45.7 Å². The highest BCUT2D eigenvalue weighted by Crippen LogP contribution is 2.29. The minimum absolute atomic E-state index is 0.0146. The van der Waals surface area contributed by atoms with E-state index in [4.69, 9.17) is 0 Å². The van der Waals surface area contributed by atoms with Crippen LogP contribution in [-0.4, -0.2) is 18.4 Å². The van der Waals surface area contributed by atoms with E-state index in [-0.39, 0.29) is 23.8 Å². The Morgan fingerprint density at radius 2 is 1.62 bits per heavy atom. The average molecular weight is 352 g/mol. The summed E-state index contributed by atoms with van der Waals surface area (Å²) in [4.78, 5) is 26.2. The zero-order valence-corrected chi connectivity index (χ0v) is 16.3. The molecular weight excluding hydrogens is 324 g/mol. The maximum absolute atomic E-state index is 12.6. The Morgan fingerprint density at radius 3 is 2.15 bits per heavy atom. The number of benzene rings is 2. The largest absolute Gasteiger partial charge is 0.324 e. The molecule has 0 aromatic heterocycles. The first-order chi connectivity index (χ1) is 12.2. The normalized spacial score (nSPS) is 11.1. The highest BCUT2D eigenvalue weighted by molar-refractivity contribution is 6.02. The van der Waals surface area contributed by atoms with E-state index in [1.54, 1.807) is 0 Å². The highest BCUT2D eigenvalue weighted by Gasteiger charge is 2.20. The molecule has 4 nitrogen and oxygen atoms in total. The van der Waals surface area contributed by atoms with E-state index in [1.165, 1.54) is 17.4 Å². The van der Waals surface area contributed by atoms with E-state index in [0.717, 1.165) is 23.4 Å². The number of para-hydroxylation sites is 1. The van der Waals surface area contributed by atoms with Crippen molar-refractivity contribution in [2.75, 3.05) is 16.8 Å². The number of nitrogens with zero attached hydrogens (tertiary/aromatic N) is 1. The fourth-order valence-corrected chi connectivity index (χ4v) is 2.88. The second-order valence-electron chi connectivity index (χ2n) is 7.47. The third-order valence-electron chi connectivity index (χ3n) is 4.35. The van der Waals surface area contributed by atoms with Gasteiger partial charge < -0.3 is 10.2 Å². The molecule has 0 atom stereocenters. The van der Waals surface area contributed by atoms with Gasteiger partial charge in [0.05, 0.1) is 0 Å². The van der Waals surface area contributed by atoms with E-state index in [1.807, 2.05) is 48.5 Å². The number of aryl methyl sites for hydroxylation is 1. The first kappa shape index (κ1) is 19.7. The smallest absolute Gasteiger partial charge is 0.244 e. The maximum Gasteiger partial charge on any atom is 0.244 e. The van der Waals surface area contributed by atoms with Crippen LogP contribution in [0.4, 0.5) is 11.4 Å². The highest BCUT2D eigenvalue weighted by atomic mass is 16.2. The molecule has 0 saturated heterocycles. The van der Waals surface area contributed by atoms with Gasteiger partial charge in [0.25, 0.3) is 0 Å². The second-order valence-corrected chi connectivity index (χ2v) is 7.47. The fourth-order valence-electron chi connectivity index (χ4n) is 2.88. The zero-order valence-electron chi connectivity index (χ0n) is 16.3. The number of hydrogen-bond acceptors (Lipinski definition) is 2. The molecule has 2 amide bonds. The van der Waals surface area contributed by atoms with E-state index >= 15 is 0 Å². The van der Waals surface area contributed by atoms with Crippen LogP contribution in [0.15, 0.2) is 48.5 Å². The van der Waals surface area contributed by atoms with Crippen LogP contribution in [0.5, 0.6) is 0 Å². The SMILES string of the molecule is CCc1ccc(N(CC(=O)Nc2ccccc2C(C)(C)C)C(C)=O)cc1. The van der Waals surface area contributed by atoms with Crippen molar-refractivity contribution in [3.8, 4) is 0 Å². The molecule has 0 heterocycles. The number of nitrogens with one attached hydrogen (secondary N) is 1. The van der Waals surface area contributed by atoms with Crippen LogP contribution >= 0.6 is 0 Å². The number of anilines is 2. The summed E-state index contributed by atoms with van der Waals surface area (Å²) >= 11 is 0. The molecular formula is C22H28N2O2. The summed E-state index contributed by atoms with van der Waals surface area (Å²) in [5.74, 6) is -0.370. The lowest BCUT2D eigenvalue weighted by Gasteiger charge is -2.24. The van der Waals surface area contributed by atoms with Gasteiger partial charge >= 0.3 is 0 Å². The number of carbonyl (C=O) groups excluding carboxylic acids is 2. The van der Waals surface area contributed by atoms with Gasteiger partial charge in [-0.25, -0.2) is 0 Å². The van der Waals surface area contributed by atoms with Gasteiger partial charge in [-0.2, -0.15) is 0 Å². The van der Waals surface area contributed by atoms with Crippen molar-refractivity contribution in [2.45, 2.75) is 46.5 Å². The molecule has 0 aliphatic rings. The van der Waals surface area contributed by atoms with E-state index < -0.39 is 0 Å². The summed E-state index contributed by atoms with van der Waals surface area (Å²) in [6, 6.07) is 15.5. The molecule has 26 heavy (non-hydrogen) atoms. The van der Waals surface area contributed by atoms with Crippen molar-refractivity contribution in [1.82, 2.24) is 0 Å². The van der Waals surface area contributed by atoms with E-state index in [2.05, 4.69) is 33.0 Å². The Bertz CT molecular complexity index is 773. The Labute approximate surface area is 156 Å². The number of amides is 2. The summed E-state index contributed by atoms with van der Waals surface area (Å²) < 4.78 is 0. The van der Waals surface area contributed by atoms with Gasteiger partial charge in [-0.1, -0.05) is 58.0 Å². The molecule has 2 aromatic carbocycles. The molecule has 0 aliphatic carbocycles. The Kier molecular flexibility index (Phi) is 6.19. The molecule has 0 aliphatic heterocycles. The molecule has 2 aromatic rings. The van der Waals surface area contributed by atoms with Gasteiger partial charge in [0, 0.05) is 18.3 Å². The maximum atomic E-state index is 12.6. The van der Waals surface area contributed by atoms with Crippen molar-refractivity contribution in [3.05, 3.63) is 59.7 Å². The van der Waals surface area contributed by atoms with Crippen molar-refractivity contribution in [2.24, 2.45) is 0 Å². The molecule has 2 rings (SSSR count). The first-order valence-corrected chi connectivity index (χ1v) is 8.98. The van der Waals surface area contributed by atoms with Crippen LogP contribution < -0.4 is 10.2 Å². The molecule has 0 bridgehead atoms. The molecule has 138 valence electrons.